The minimum atomic E-state index is -3.62. The summed E-state index contributed by atoms with van der Waals surface area (Å²) >= 11 is 0. The van der Waals surface area contributed by atoms with Crippen molar-refractivity contribution in [3.05, 3.63) is 24.5 Å². The van der Waals surface area contributed by atoms with Crippen LogP contribution < -0.4 is 5.32 Å². The van der Waals surface area contributed by atoms with Gasteiger partial charge in [-0.1, -0.05) is 19.3 Å². The predicted molar refractivity (Wildman–Crippen MR) is 97.3 cm³/mol. The van der Waals surface area contributed by atoms with Crippen molar-refractivity contribution < 1.29 is 23.1 Å². The number of amides is 1. The lowest BCUT2D eigenvalue weighted by Gasteiger charge is -2.37. The summed E-state index contributed by atoms with van der Waals surface area (Å²) in [6.45, 7) is 0.463. The van der Waals surface area contributed by atoms with E-state index in [1.165, 1.54) is 22.8 Å². The molecule has 1 aliphatic carbocycles. The van der Waals surface area contributed by atoms with Crippen LogP contribution in [0.5, 0.6) is 0 Å². The fraction of sp³-hybridized carbons (Fsp3) is 0.611. The van der Waals surface area contributed by atoms with Crippen LogP contribution in [0.2, 0.25) is 0 Å². The molecule has 2 heterocycles. The van der Waals surface area contributed by atoms with E-state index in [4.69, 9.17) is 0 Å². The lowest BCUT2D eigenvalue weighted by molar-refractivity contribution is -0.150. The SMILES string of the molecule is O=C(NC1(C(=O)O)CCCCC1)C1CCN(S(=O)(=O)c2cccnc2)CC1. The molecule has 1 aliphatic heterocycles. The number of rotatable bonds is 5. The molecular formula is C18H25N3O5S. The monoisotopic (exact) mass is 395 g/mol. The number of pyridine rings is 1. The lowest BCUT2D eigenvalue weighted by atomic mass is 9.81. The van der Waals surface area contributed by atoms with Crippen molar-refractivity contribution in [1.29, 1.82) is 0 Å². The van der Waals surface area contributed by atoms with E-state index in [1.54, 1.807) is 6.07 Å². The van der Waals surface area contributed by atoms with Crippen molar-refractivity contribution in [3.63, 3.8) is 0 Å². The third-order valence-corrected chi connectivity index (χ3v) is 7.46. The maximum atomic E-state index is 12.6. The van der Waals surface area contributed by atoms with Gasteiger partial charge in [-0.15, -0.1) is 0 Å². The van der Waals surface area contributed by atoms with Crippen LogP contribution in [0.25, 0.3) is 0 Å². The fourth-order valence-corrected chi connectivity index (χ4v) is 5.33. The van der Waals surface area contributed by atoms with E-state index >= 15 is 0 Å². The Hall–Kier alpha value is -2.00. The first kappa shape index (κ1) is 19.8. The Bertz CT molecular complexity index is 782. The van der Waals surface area contributed by atoms with E-state index in [0.717, 1.165) is 19.3 Å². The van der Waals surface area contributed by atoms with E-state index in [1.807, 2.05) is 0 Å². The number of piperidine rings is 1. The Morgan fingerprint density at radius 3 is 2.41 bits per heavy atom. The number of aliphatic carboxylic acids is 1. The summed E-state index contributed by atoms with van der Waals surface area (Å²) in [6.07, 6.45) is 7.03. The summed E-state index contributed by atoms with van der Waals surface area (Å²) in [4.78, 5) is 28.4. The maximum Gasteiger partial charge on any atom is 0.329 e. The molecular weight excluding hydrogens is 370 g/mol. The average molecular weight is 395 g/mol. The maximum absolute atomic E-state index is 12.6. The molecule has 8 nitrogen and oxygen atoms in total. The van der Waals surface area contributed by atoms with Gasteiger partial charge in [-0.2, -0.15) is 4.31 Å². The Morgan fingerprint density at radius 2 is 1.85 bits per heavy atom. The molecule has 2 N–H and O–H groups in total. The molecule has 1 aromatic rings. The first-order valence-electron chi connectivity index (χ1n) is 9.31. The van der Waals surface area contributed by atoms with Gasteiger partial charge in [0, 0.05) is 31.4 Å². The highest BCUT2D eigenvalue weighted by Gasteiger charge is 2.42. The summed E-state index contributed by atoms with van der Waals surface area (Å²) in [7, 11) is -3.62. The molecule has 2 fully saturated rings. The summed E-state index contributed by atoms with van der Waals surface area (Å²) in [5, 5.41) is 12.4. The van der Waals surface area contributed by atoms with E-state index in [9.17, 15) is 23.1 Å². The molecule has 0 radical (unpaired) electrons. The number of aromatic nitrogens is 1. The van der Waals surface area contributed by atoms with Gasteiger partial charge in [0.1, 0.15) is 10.4 Å². The van der Waals surface area contributed by atoms with Gasteiger partial charge < -0.3 is 10.4 Å². The third-order valence-electron chi connectivity index (χ3n) is 5.58. The van der Waals surface area contributed by atoms with Crippen LogP contribution in [-0.2, 0) is 19.6 Å². The molecule has 9 heteroatoms. The number of sulfonamides is 1. The van der Waals surface area contributed by atoms with Crippen molar-refractivity contribution in [2.24, 2.45) is 5.92 Å². The standard InChI is InChI=1S/C18H25N3O5S/c22-16(20-18(17(23)24)8-2-1-3-9-18)14-6-11-21(12-7-14)27(25,26)15-5-4-10-19-13-15/h4-5,10,13-14H,1-3,6-9,11-12H2,(H,20,22)(H,23,24). The van der Waals surface area contributed by atoms with Crippen molar-refractivity contribution in [2.45, 2.75) is 55.4 Å². The van der Waals surface area contributed by atoms with Crippen LogP contribution in [0.3, 0.4) is 0 Å². The Balaban J connectivity index is 1.62. The van der Waals surface area contributed by atoms with Gasteiger partial charge in [-0.05, 0) is 37.8 Å². The molecule has 0 unspecified atom stereocenters. The summed E-state index contributed by atoms with van der Waals surface area (Å²) < 4.78 is 26.6. The van der Waals surface area contributed by atoms with Gasteiger partial charge in [-0.25, -0.2) is 13.2 Å². The molecule has 3 rings (SSSR count). The van der Waals surface area contributed by atoms with E-state index < -0.39 is 21.5 Å². The van der Waals surface area contributed by atoms with E-state index in [2.05, 4.69) is 10.3 Å². The van der Waals surface area contributed by atoms with Crippen LogP contribution in [0.1, 0.15) is 44.9 Å². The molecule has 1 aromatic heterocycles. The van der Waals surface area contributed by atoms with Gasteiger partial charge in [0.15, 0.2) is 0 Å². The molecule has 27 heavy (non-hydrogen) atoms. The Labute approximate surface area is 159 Å². The highest BCUT2D eigenvalue weighted by atomic mass is 32.2. The van der Waals surface area contributed by atoms with Crippen molar-refractivity contribution in [3.8, 4) is 0 Å². The first-order chi connectivity index (χ1) is 12.8. The normalized spacial score (nSPS) is 21.5. The highest BCUT2D eigenvalue weighted by Crippen LogP contribution is 2.30. The summed E-state index contributed by atoms with van der Waals surface area (Å²) in [5.41, 5.74) is -1.17. The Morgan fingerprint density at radius 1 is 1.19 bits per heavy atom. The van der Waals surface area contributed by atoms with Gasteiger partial charge in [-0.3, -0.25) is 9.78 Å². The number of carboxylic acid groups (broad SMARTS) is 1. The zero-order chi connectivity index (χ0) is 19.5. The number of nitrogens with zero attached hydrogens (tertiary/aromatic N) is 2. The minimum Gasteiger partial charge on any atom is -0.480 e. The minimum absolute atomic E-state index is 0.139. The highest BCUT2D eigenvalue weighted by molar-refractivity contribution is 7.89. The zero-order valence-electron chi connectivity index (χ0n) is 15.1. The van der Waals surface area contributed by atoms with Crippen molar-refractivity contribution >= 4 is 21.9 Å². The molecule has 0 atom stereocenters. The molecule has 148 valence electrons. The Kier molecular flexibility index (Phi) is 5.81. The van der Waals surface area contributed by atoms with Crippen LogP contribution in [0.15, 0.2) is 29.4 Å². The second-order valence-electron chi connectivity index (χ2n) is 7.30. The summed E-state index contributed by atoms with van der Waals surface area (Å²) in [5.74, 6) is -1.63. The van der Waals surface area contributed by atoms with Crippen LogP contribution in [-0.4, -0.2) is 53.3 Å². The molecule has 0 spiro atoms. The second kappa shape index (κ2) is 7.93. The van der Waals surface area contributed by atoms with Gasteiger partial charge >= 0.3 is 5.97 Å². The number of nitrogens with one attached hydrogen (secondary N) is 1. The number of carboxylic acids is 1. The van der Waals surface area contributed by atoms with Crippen LogP contribution in [0, 0.1) is 5.92 Å². The van der Waals surface area contributed by atoms with Crippen molar-refractivity contribution in [2.75, 3.05) is 13.1 Å². The fourth-order valence-electron chi connectivity index (χ4n) is 3.89. The van der Waals surface area contributed by atoms with Crippen LogP contribution >= 0.6 is 0 Å². The van der Waals surface area contributed by atoms with Gasteiger partial charge in [0.25, 0.3) is 0 Å². The quantitative estimate of drug-likeness (QED) is 0.778. The molecule has 1 saturated heterocycles. The molecule has 1 saturated carbocycles. The number of hydrogen-bond donors (Lipinski definition) is 2. The molecule has 1 amide bonds. The molecule has 0 aromatic carbocycles. The number of carbonyl (C=O) groups excluding carboxylic acids is 1. The van der Waals surface area contributed by atoms with Gasteiger partial charge in [0.05, 0.1) is 0 Å². The summed E-state index contributed by atoms with van der Waals surface area (Å²) in [6, 6.07) is 3.07. The zero-order valence-corrected chi connectivity index (χ0v) is 16.0. The number of hydrogen-bond acceptors (Lipinski definition) is 5. The average Bonchev–Trinajstić information content (AvgIpc) is 2.69. The number of carbonyl (C=O) groups is 2. The second-order valence-corrected chi connectivity index (χ2v) is 9.24. The third kappa shape index (κ3) is 4.14. The topological polar surface area (TPSA) is 117 Å². The van der Waals surface area contributed by atoms with E-state index in [-0.39, 0.29) is 29.8 Å². The first-order valence-corrected chi connectivity index (χ1v) is 10.7. The lowest BCUT2D eigenvalue weighted by Crippen LogP contribution is -2.57. The molecule has 2 aliphatic rings. The molecule has 0 bridgehead atoms. The van der Waals surface area contributed by atoms with Crippen LogP contribution in [0.4, 0.5) is 0 Å². The predicted octanol–water partition coefficient (Wildman–Crippen LogP) is 1.39. The smallest absolute Gasteiger partial charge is 0.329 e. The van der Waals surface area contributed by atoms with Crippen molar-refractivity contribution in [1.82, 2.24) is 14.6 Å². The van der Waals surface area contributed by atoms with Gasteiger partial charge in [0.2, 0.25) is 15.9 Å². The largest absolute Gasteiger partial charge is 0.480 e. The van der Waals surface area contributed by atoms with E-state index in [0.29, 0.717) is 25.7 Å².